The van der Waals surface area contributed by atoms with Crippen LogP contribution in [0.15, 0.2) is 12.7 Å². The maximum atomic E-state index is 8.78. The fourth-order valence-corrected chi connectivity index (χ4v) is 0.412. The van der Waals surface area contributed by atoms with Gasteiger partial charge in [-0.1, -0.05) is 6.08 Å². The van der Waals surface area contributed by atoms with Gasteiger partial charge in [-0.3, -0.25) is 0 Å². The van der Waals surface area contributed by atoms with Gasteiger partial charge in [0, 0.05) is 12.6 Å². The molecule has 0 spiro atoms. The Kier molecular flexibility index (Phi) is 3.92. The first-order chi connectivity index (χ1) is 4.20. The van der Waals surface area contributed by atoms with E-state index < -0.39 is 12.2 Å². The van der Waals surface area contributed by atoms with Crippen LogP contribution >= 0.6 is 0 Å². The molecule has 52 valence electrons. The van der Waals surface area contributed by atoms with Gasteiger partial charge in [-0.15, -0.1) is 6.58 Å². The predicted molar refractivity (Wildman–Crippen MR) is 35.6 cm³/mol. The first kappa shape index (κ1) is 8.33. The normalized spacial score (nSPS) is 16.2. The molecular weight excluding hydrogens is 118 g/mol. The third-order valence-electron chi connectivity index (χ3n) is 0.947. The lowest BCUT2D eigenvalue weighted by atomic mass is 10.2. The van der Waals surface area contributed by atoms with Crippen molar-refractivity contribution in [3.63, 3.8) is 0 Å². The van der Waals surface area contributed by atoms with Gasteiger partial charge in [0.15, 0.2) is 0 Å². The number of aliphatic hydroxyl groups excluding tert-OH is 2. The standard InChI is InChI=1S/C6H11NO2/c1-2-5(8)3-6(9)4-7/h2,4-9H,1,3H2. The summed E-state index contributed by atoms with van der Waals surface area (Å²) in [6, 6.07) is 0. The monoisotopic (exact) mass is 129 g/mol. The van der Waals surface area contributed by atoms with Gasteiger partial charge in [0.25, 0.3) is 0 Å². The molecule has 0 fully saturated rings. The van der Waals surface area contributed by atoms with Crippen molar-refractivity contribution >= 4 is 6.21 Å². The van der Waals surface area contributed by atoms with Gasteiger partial charge >= 0.3 is 0 Å². The van der Waals surface area contributed by atoms with Gasteiger partial charge in [0.05, 0.1) is 12.2 Å². The molecule has 0 bridgehead atoms. The highest BCUT2D eigenvalue weighted by atomic mass is 16.3. The highest BCUT2D eigenvalue weighted by Crippen LogP contribution is 1.95. The number of rotatable bonds is 4. The van der Waals surface area contributed by atoms with E-state index in [0.717, 1.165) is 6.21 Å². The highest BCUT2D eigenvalue weighted by Gasteiger charge is 2.04. The van der Waals surface area contributed by atoms with Gasteiger partial charge in [0.1, 0.15) is 0 Å². The van der Waals surface area contributed by atoms with Gasteiger partial charge in [0.2, 0.25) is 0 Å². The Bertz CT molecular complexity index is 91.2. The van der Waals surface area contributed by atoms with E-state index in [-0.39, 0.29) is 6.42 Å². The molecule has 3 N–H and O–H groups in total. The fraction of sp³-hybridized carbons (Fsp3) is 0.500. The zero-order valence-electron chi connectivity index (χ0n) is 5.12. The Morgan fingerprint density at radius 2 is 2.00 bits per heavy atom. The van der Waals surface area contributed by atoms with E-state index >= 15 is 0 Å². The Balaban J connectivity index is 3.45. The van der Waals surface area contributed by atoms with E-state index in [1.165, 1.54) is 6.08 Å². The number of hydrogen-bond donors (Lipinski definition) is 3. The maximum absolute atomic E-state index is 8.78. The zero-order valence-corrected chi connectivity index (χ0v) is 5.12. The zero-order chi connectivity index (χ0) is 7.28. The summed E-state index contributed by atoms with van der Waals surface area (Å²) in [5.74, 6) is 0. The van der Waals surface area contributed by atoms with E-state index in [2.05, 4.69) is 6.58 Å². The summed E-state index contributed by atoms with van der Waals surface area (Å²) in [6.45, 7) is 3.31. The molecule has 2 atom stereocenters. The number of hydrogen-bond acceptors (Lipinski definition) is 3. The van der Waals surface area contributed by atoms with E-state index in [4.69, 9.17) is 15.6 Å². The van der Waals surface area contributed by atoms with Crippen LogP contribution in [0.3, 0.4) is 0 Å². The molecule has 0 aromatic rings. The van der Waals surface area contributed by atoms with Crippen LogP contribution in [0.4, 0.5) is 0 Å². The van der Waals surface area contributed by atoms with Crippen LogP contribution in [-0.4, -0.2) is 28.6 Å². The van der Waals surface area contributed by atoms with Crippen molar-refractivity contribution in [1.82, 2.24) is 0 Å². The lowest BCUT2D eigenvalue weighted by Crippen LogP contribution is -2.15. The molecule has 0 aliphatic carbocycles. The van der Waals surface area contributed by atoms with Crippen molar-refractivity contribution in [3.8, 4) is 0 Å². The van der Waals surface area contributed by atoms with Gasteiger partial charge in [-0.25, -0.2) is 0 Å². The smallest absolute Gasteiger partial charge is 0.0912 e. The molecule has 0 aromatic heterocycles. The molecule has 9 heavy (non-hydrogen) atoms. The summed E-state index contributed by atoms with van der Waals surface area (Å²) < 4.78 is 0. The Labute approximate surface area is 54.1 Å². The molecular formula is C6H11NO2. The minimum Gasteiger partial charge on any atom is -0.389 e. The Hall–Kier alpha value is -0.670. The minimum atomic E-state index is -0.849. The maximum Gasteiger partial charge on any atom is 0.0912 e. The summed E-state index contributed by atoms with van der Waals surface area (Å²) in [5.41, 5.74) is 0. The first-order valence-corrected chi connectivity index (χ1v) is 2.70. The largest absolute Gasteiger partial charge is 0.389 e. The van der Waals surface area contributed by atoms with Crippen molar-refractivity contribution in [2.24, 2.45) is 0 Å². The molecule has 0 amide bonds. The summed E-state index contributed by atoms with van der Waals surface area (Å²) in [6.07, 6.45) is 0.812. The van der Waals surface area contributed by atoms with Gasteiger partial charge in [-0.05, 0) is 0 Å². The molecule has 0 rings (SSSR count). The minimum absolute atomic E-state index is 0.160. The summed E-state index contributed by atoms with van der Waals surface area (Å²) >= 11 is 0. The van der Waals surface area contributed by atoms with Crippen molar-refractivity contribution in [2.45, 2.75) is 18.6 Å². The second-order valence-corrected chi connectivity index (χ2v) is 1.77. The third-order valence-corrected chi connectivity index (χ3v) is 0.947. The van der Waals surface area contributed by atoms with E-state index in [1.54, 1.807) is 0 Å². The molecule has 0 saturated heterocycles. The van der Waals surface area contributed by atoms with E-state index in [9.17, 15) is 0 Å². The topological polar surface area (TPSA) is 64.3 Å². The van der Waals surface area contributed by atoms with Crippen molar-refractivity contribution in [2.75, 3.05) is 0 Å². The summed E-state index contributed by atoms with van der Waals surface area (Å²) in [5, 5.41) is 24.0. The van der Waals surface area contributed by atoms with Crippen LogP contribution in [-0.2, 0) is 0 Å². The van der Waals surface area contributed by atoms with Crippen LogP contribution in [0, 0.1) is 5.41 Å². The predicted octanol–water partition coefficient (Wildman–Crippen LogP) is -0.0661. The molecule has 3 nitrogen and oxygen atoms in total. The third kappa shape index (κ3) is 3.88. The van der Waals surface area contributed by atoms with Crippen molar-refractivity contribution in [3.05, 3.63) is 12.7 Å². The lowest BCUT2D eigenvalue weighted by Gasteiger charge is -2.05. The Morgan fingerprint density at radius 1 is 1.44 bits per heavy atom. The molecule has 0 radical (unpaired) electrons. The van der Waals surface area contributed by atoms with Crippen molar-refractivity contribution in [1.29, 1.82) is 5.41 Å². The van der Waals surface area contributed by atoms with Crippen LogP contribution in [0.1, 0.15) is 6.42 Å². The highest BCUT2D eigenvalue weighted by molar-refractivity contribution is 5.58. The van der Waals surface area contributed by atoms with Crippen LogP contribution in [0.25, 0.3) is 0 Å². The molecule has 0 aliphatic rings. The summed E-state index contributed by atoms with van der Waals surface area (Å²) in [7, 11) is 0. The lowest BCUT2D eigenvalue weighted by molar-refractivity contribution is 0.145. The summed E-state index contributed by atoms with van der Waals surface area (Å²) in [4.78, 5) is 0. The second-order valence-electron chi connectivity index (χ2n) is 1.77. The average molecular weight is 129 g/mol. The SMILES string of the molecule is C=CC(O)CC(O)C=N. The fourth-order valence-electron chi connectivity index (χ4n) is 0.412. The van der Waals surface area contributed by atoms with Crippen LogP contribution in [0.2, 0.25) is 0 Å². The first-order valence-electron chi connectivity index (χ1n) is 2.70. The number of nitrogens with one attached hydrogen (secondary N) is 1. The van der Waals surface area contributed by atoms with E-state index in [1.807, 2.05) is 0 Å². The van der Waals surface area contributed by atoms with E-state index in [0.29, 0.717) is 0 Å². The molecule has 3 heteroatoms. The Morgan fingerprint density at radius 3 is 2.33 bits per heavy atom. The van der Waals surface area contributed by atoms with Gasteiger partial charge in [-0.2, -0.15) is 0 Å². The van der Waals surface area contributed by atoms with Gasteiger partial charge < -0.3 is 15.6 Å². The quantitative estimate of drug-likeness (QED) is 0.367. The average Bonchev–Trinajstić information content (AvgIpc) is 1.87. The van der Waals surface area contributed by atoms with Crippen LogP contribution in [0.5, 0.6) is 0 Å². The molecule has 0 heterocycles. The molecule has 2 unspecified atom stereocenters. The second kappa shape index (κ2) is 4.23. The molecule has 0 aromatic carbocycles. The molecule has 0 aliphatic heterocycles. The molecule has 0 saturated carbocycles. The van der Waals surface area contributed by atoms with Crippen LogP contribution < -0.4 is 0 Å². The van der Waals surface area contributed by atoms with Crippen molar-refractivity contribution < 1.29 is 10.2 Å². The number of aliphatic hydroxyl groups is 2.